The van der Waals surface area contributed by atoms with Gasteiger partial charge < -0.3 is 20.3 Å². The highest BCUT2D eigenvalue weighted by molar-refractivity contribution is 6.39. The SMILES string of the molecule is CC(C)Oc1ccc(NC(=O)C(=O)NCCN(C)C)cc1. The first-order chi connectivity index (χ1) is 9.88. The molecule has 0 aromatic heterocycles. The van der Waals surface area contributed by atoms with Crippen LogP contribution in [0.4, 0.5) is 5.69 Å². The van der Waals surface area contributed by atoms with Crippen LogP contribution in [0.15, 0.2) is 24.3 Å². The zero-order valence-electron chi connectivity index (χ0n) is 13.0. The van der Waals surface area contributed by atoms with Gasteiger partial charge in [0.25, 0.3) is 0 Å². The zero-order chi connectivity index (χ0) is 15.8. The molecule has 0 saturated heterocycles. The Morgan fingerprint density at radius 1 is 1.14 bits per heavy atom. The van der Waals surface area contributed by atoms with Crippen molar-refractivity contribution >= 4 is 17.5 Å². The highest BCUT2D eigenvalue weighted by Gasteiger charge is 2.13. The van der Waals surface area contributed by atoms with E-state index >= 15 is 0 Å². The normalized spacial score (nSPS) is 10.6. The number of amides is 2. The molecular weight excluding hydrogens is 270 g/mol. The molecule has 116 valence electrons. The van der Waals surface area contributed by atoms with Crippen LogP contribution in [-0.4, -0.2) is 50.0 Å². The van der Waals surface area contributed by atoms with Gasteiger partial charge in [-0.3, -0.25) is 9.59 Å². The van der Waals surface area contributed by atoms with E-state index in [9.17, 15) is 9.59 Å². The van der Waals surface area contributed by atoms with Crippen molar-refractivity contribution in [3.05, 3.63) is 24.3 Å². The van der Waals surface area contributed by atoms with E-state index in [0.717, 1.165) is 5.75 Å². The third-order valence-corrected chi connectivity index (χ3v) is 2.53. The monoisotopic (exact) mass is 293 g/mol. The quantitative estimate of drug-likeness (QED) is 0.770. The van der Waals surface area contributed by atoms with Crippen molar-refractivity contribution in [1.29, 1.82) is 0 Å². The molecule has 0 aliphatic carbocycles. The Morgan fingerprint density at radius 2 is 1.76 bits per heavy atom. The Hall–Kier alpha value is -2.08. The van der Waals surface area contributed by atoms with Crippen LogP contribution in [0.1, 0.15) is 13.8 Å². The Kier molecular flexibility index (Phi) is 6.68. The molecule has 0 unspecified atom stereocenters. The van der Waals surface area contributed by atoms with Crippen molar-refractivity contribution in [3.63, 3.8) is 0 Å². The average molecular weight is 293 g/mol. The van der Waals surface area contributed by atoms with Gasteiger partial charge in [-0.2, -0.15) is 0 Å². The summed E-state index contributed by atoms with van der Waals surface area (Å²) in [6.45, 7) is 4.99. The van der Waals surface area contributed by atoms with E-state index in [1.807, 2.05) is 32.8 Å². The van der Waals surface area contributed by atoms with Crippen LogP contribution in [0.3, 0.4) is 0 Å². The Morgan fingerprint density at radius 3 is 2.29 bits per heavy atom. The van der Waals surface area contributed by atoms with Crippen molar-refractivity contribution < 1.29 is 14.3 Å². The fourth-order valence-corrected chi connectivity index (χ4v) is 1.55. The topological polar surface area (TPSA) is 70.7 Å². The molecule has 2 N–H and O–H groups in total. The summed E-state index contributed by atoms with van der Waals surface area (Å²) in [7, 11) is 3.79. The maximum absolute atomic E-state index is 11.7. The fraction of sp³-hybridized carbons (Fsp3) is 0.467. The van der Waals surface area contributed by atoms with Crippen LogP contribution >= 0.6 is 0 Å². The summed E-state index contributed by atoms with van der Waals surface area (Å²) in [6.07, 6.45) is 0.0907. The minimum absolute atomic E-state index is 0.0907. The predicted octanol–water partition coefficient (Wildman–Crippen LogP) is 1.09. The summed E-state index contributed by atoms with van der Waals surface area (Å²) < 4.78 is 5.50. The van der Waals surface area contributed by atoms with E-state index in [4.69, 9.17) is 4.74 Å². The number of hydrogen-bond donors (Lipinski definition) is 2. The van der Waals surface area contributed by atoms with Crippen LogP contribution in [0.2, 0.25) is 0 Å². The van der Waals surface area contributed by atoms with Gasteiger partial charge in [0.05, 0.1) is 6.10 Å². The second kappa shape index (κ2) is 8.26. The molecular formula is C15H23N3O3. The molecule has 0 fully saturated rings. The molecule has 21 heavy (non-hydrogen) atoms. The Balaban J connectivity index is 2.45. The van der Waals surface area contributed by atoms with Gasteiger partial charge in [0.1, 0.15) is 5.75 Å². The first-order valence-electron chi connectivity index (χ1n) is 6.89. The number of carbonyl (C=O) groups is 2. The predicted molar refractivity (Wildman–Crippen MR) is 82.4 cm³/mol. The molecule has 1 rings (SSSR count). The highest BCUT2D eigenvalue weighted by atomic mass is 16.5. The van der Waals surface area contributed by atoms with E-state index in [1.54, 1.807) is 24.3 Å². The lowest BCUT2D eigenvalue weighted by Crippen LogP contribution is -2.38. The minimum atomic E-state index is -0.675. The van der Waals surface area contributed by atoms with Crippen molar-refractivity contribution in [1.82, 2.24) is 10.2 Å². The van der Waals surface area contributed by atoms with Crippen LogP contribution in [0.25, 0.3) is 0 Å². The number of ether oxygens (including phenoxy) is 1. The summed E-state index contributed by atoms with van der Waals surface area (Å²) in [5, 5.41) is 5.09. The van der Waals surface area contributed by atoms with Gasteiger partial charge in [-0.05, 0) is 52.2 Å². The second-order valence-corrected chi connectivity index (χ2v) is 5.20. The fourth-order valence-electron chi connectivity index (χ4n) is 1.55. The third-order valence-electron chi connectivity index (χ3n) is 2.53. The van der Waals surface area contributed by atoms with Crippen molar-refractivity contribution in [3.8, 4) is 5.75 Å². The zero-order valence-corrected chi connectivity index (χ0v) is 13.0. The van der Waals surface area contributed by atoms with Crippen LogP contribution in [0.5, 0.6) is 5.75 Å². The minimum Gasteiger partial charge on any atom is -0.491 e. The number of benzene rings is 1. The first kappa shape index (κ1) is 17.0. The molecule has 0 heterocycles. The van der Waals surface area contributed by atoms with Gasteiger partial charge in [0.2, 0.25) is 0 Å². The molecule has 1 aromatic carbocycles. The molecule has 0 aliphatic rings. The standard InChI is InChI=1S/C15H23N3O3/c1-11(2)21-13-7-5-12(6-8-13)17-15(20)14(19)16-9-10-18(3)4/h5-8,11H,9-10H2,1-4H3,(H,16,19)(H,17,20). The molecule has 6 heteroatoms. The first-order valence-corrected chi connectivity index (χ1v) is 6.89. The molecule has 0 spiro atoms. The van der Waals surface area contributed by atoms with Gasteiger partial charge in [-0.15, -0.1) is 0 Å². The molecule has 1 aromatic rings. The number of nitrogens with zero attached hydrogens (tertiary/aromatic N) is 1. The van der Waals surface area contributed by atoms with Gasteiger partial charge in [0, 0.05) is 18.8 Å². The lowest BCUT2D eigenvalue weighted by atomic mass is 10.3. The van der Waals surface area contributed by atoms with Crippen molar-refractivity contribution in [2.24, 2.45) is 0 Å². The average Bonchev–Trinajstić information content (AvgIpc) is 2.39. The Bertz CT molecular complexity index is 470. The summed E-state index contributed by atoms with van der Waals surface area (Å²) in [5.41, 5.74) is 0.555. The van der Waals surface area contributed by atoms with Gasteiger partial charge in [0.15, 0.2) is 0 Å². The van der Waals surface area contributed by atoms with Gasteiger partial charge in [-0.1, -0.05) is 0 Å². The number of carbonyl (C=O) groups excluding carboxylic acids is 2. The number of anilines is 1. The van der Waals surface area contributed by atoms with E-state index in [-0.39, 0.29) is 6.10 Å². The molecule has 0 atom stereocenters. The summed E-state index contributed by atoms with van der Waals surface area (Å²) in [6, 6.07) is 6.89. The molecule has 0 radical (unpaired) electrons. The van der Waals surface area contributed by atoms with E-state index < -0.39 is 11.8 Å². The summed E-state index contributed by atoms with van der Waals surface area (Å²) in [5.74, 6) is -0.593. The highest BCUT2D eigenvalue weighted by Crippen LogP contribution is 2.16. The molecule has 6 nitrogen and oxygen atoms in total. The molecule has 0 bridgehead atoms. The lowest BCUT2D eigenvalue weighted by Gasteiger charge is -2.11. The maximum atomic E-state index is 11.7. The molecule has 0 saturated carbocycles. The molecule has 2 amide bonds. The number of hydrogen-bond acceptors (Lipinski definition) is 4. The number of rotatable bonds is 6. The van der Waals surface area contributed by atoms with Gasteiger partial charge >= 0.3 is 11.8 Å². The van der Waals surface area contributed by atoms with Crippen LogP contribution in [-0.2, 0) is 9.59 Å². The largest absolute Gasteiger partial charge is 0.491 e. The van der Waals surface area contributed by atoms with E-state index in [1.165, 1.54) is 0 Å². The summed E-state index contributed by atoms with van der Waals surface area (Å²) >= 11 is 0. The Labute approximate surface area is 125 Å². The molecule has 0 aliphatic heterocycles. The van der Waals surface area contributed by atoms with Crippen LogP contribution in [0, 0.1) is 0 Å². The van der Waals surface area contributed by atoms with Gasteiger partial charge in [-0.25, -0.2) is 0 Å². The second-order valence-electron chi connectivity index (χ2n) is 5.20. The number of nitrogens with one attached hydrogen (secondary N) is 2. The lowest BCUT2D eigenvalue weighted by molar-refractivity contribution is -0.136. The van der Waals surface area contributed by atoms with Crippen molar-refractivity contribution in [2.45, 2.75) is 20.0 Å². The van der Waals surface area contributed by atoms with Crippen molar-refractivity contribution in [2.75, 3.05) is 32.5 Å². The maximum Gasteiger partial charge on any atom is 0.313 e. The third kappa shape index (κ3) is 6.76. The number of likely N-dealkylation sites (N-methyl/N-ethyl adjacent to an activating group) is 1. The van der Waals surface area contributed by atoms with Crippen LogP contribution < -0.4 is 15.4 Å². The smallest absolute Gasteiger partial charge is 0.313 e. The van der Waals surface area contributed by atoms with E-state index in [2.05, 4.69) is 10.6 Å². The summed E-state index contributed by atoms with van der Waals surface area (Å²) in [4.78, 5) is 25.2. The van der Waals surface area contributed by atoms with E-state index in [0.29, 0.717) is 18.8 Å².